The number of aromatic nitrogens is 3. The molecule has 0 radical (unpaired) electrons. The fourth-order valence-corrected chi connectivity index (χ4v) is 1.74. The van der Waals surface area contributed by atoms with Crippen LogP contribution in [0.3, 0.4) is 0 Å². The Morgan fingerprint density at radius 3 is 2.76 bits per heavy atom. The van der Waals surface area contributed by atoms with E-state index in [1.807, 2.05) is 18.2 Å². The van der Waals surface area contributed by atoms with E-state index < -0.39 is 0 Å². The maximum Gasteiger partial charge on any atom is 0.137 e. The Hall–Kier alpha value is -2.15. The molecule has 4 nitrogen and oxygen atoms in total. The largest absolute Gasteiger partial charge is 0.252 e. The quantitative estimate of drug-likeness (QED) is 0.784. The van der Waals surface area contributed by atoms with Gasteiger partial charge in [-0.15, -0.1) is 0 Å². The summed E-state index contributed by atoms with van der Waals surface area (Å²) in [6.45, 7) is 0.614. The highest BCUT2D eigenvalue weighted by atomic mass is 15.3. The van der Waals surface area contributed by atoms with Crippen molar-refractivity contribution in [3.8, 4) is 6.07 Å². The second-order valence-corrected chi connectivity index (χ2v) is 3.97. The molecule has 17 heavy (non-hydrogen) atoms. The molecule has 2 rings (SSSR count). The molecule has 1 aromatic heterocycles. The lowest BCUT2D eigenvalue weighted by molar-refractivity contribution is 0.471. The van der Waals surface area contributed by atoms with Crippen molar-refractivity contribution in [2.75, 3.05) is 0 Å². The van der Waals surface area contributed by atoms with Gasteiger partial charge in [-0.1, -0.05) is 30.3 Å². The van der Waals surface area contributed by atoms with Gasteiger partial charge in [0.1, 0.15) is 12.7 Å². The van der Waals surface area contributed by atoms with Crippen LogP contribution in [0.1, 0.15) is 12.0 Å². The molecule has 0 aliphatic rings. The fraction of sp³-hybridized carbons (Fsp3) is 0.308. The van der Waals surface area contributed by atoms with Crippen molar-refractivity contribution in [2.45, 2.75) is 19.4 Å². The van der Waals surface area contributed by atoms with E-state index in [2.05, 4.69) is 28.3 Å². The molecule has 0 amide bonds. The van der Waals surface area contributed by atoms with Gasteiger partial charge < -0.3 is 0 Å². The third kappa shape index (κ3) is 3.42. The summed E-state index contributed by atoms with van der Waals surface area (Å²) in [6.07, 6.45) is 4.91. The Bertz CT molecular complexity index is 470. The van der Waals surface area contributed by atoms with Crippen molar-refractivity contribution in [2.24, 2.45) is 5.92 Å². The van der Waals surface area contributed by atoms with Gasteiger partial charge in [0, 0.05) is 0 Å². The maximum atomic E-state index is 9.09. The second-order valence-electron chi connectivity index (χ2n) is 3.97. The Balaban J connectivity index is 1.87. The van der Waals surface area contributed by atoms with E-state index in [1.165, 1.54) is 11.9 Å². The Morgan fingerprint density at radius 1 is 1.29 bits per heavy atom. The monoisotopic (exact) mass is 226 g/mol. The second kappa shape index (κ2) is 5.80. The van der Waals surface area contributed by atoms with Crippen molar-refractivity contribution in [1.82, 2.24) is 14.8 Å². The predicted octanol–water partition coefficient (Wildman–Crippen LogP) is 2.05. The number of benzene rings is 1. The van der Waals surface area contributed by atoms with Gasteiger partial charge in [-0.05, 0) is 18.4 Å². The highest BCUT2D eigenvalue weighted by molar-refractivity contribution is 5.14. The van der Waals surface area contributed by atoms with Gasteiger partial charge in [0.25, 0.3) is 0 Å². The number of rotatable bonds is 5. The molecule has 0 aliphatic heterocycles. The molecule has 1 atom stereocenters. The first-order valence-corrected chi connectivity index (χ1v) is 5.64. The molecule has 0 fully saturated rings. The topological polar surface area (TPSA) is 54.5 Å². The minimum atomic E-state index is -0.0168. The van der Waals surface area contributed by atoms with Crippen LogP contribution in [0.4, 0.5) is 0 Å². The maximum absolute atomic E-state index is 9.09. The minimum absolute atomic E-state index is 0.0168. The summed E-state index contributed by atoms with van der Waals surface area (Å²) in [7, 11) is 0. The van der Waals surface area contributed by atoms with E-state index in [0.717, 1.165) is 12.8 Å². The van der Waals surface area contributed by atoms with E-state index in [9.17, 15) is 0 Å². The SMILES string of the molecule is N#CC(CCc1ccccc1)Cn1cncn1. The van der Waals surface area contributed by atoms with Gasteiger partial charge in [0.15, 0.2) is 0 Å². The minimum Gasteiger partial charge on any atom is -0.252 e. The molecule has 1 heterocycles. The summed E-state index contributed by atoms with van der Waals surface area (Å²) in [5.41, 5.74) is 1.27. The number of nitriles is 1. The van der Waals surface area contributed by atoms with Crippen molar-refractivity contribution in [1.29, 1.82) is 5.26 Å². The van der Waals surface area contributed by atoms with Gasteiger partial charge in [0.2, 0.25) is 0 Å². The molecular formula is C13H14N4. The van der Waals surface area contributed by atoms with Crippen LogP contribution in [-0.2, 0) is 13.0 Å². The van der Waals surface area contributed by atoms with Crippen molar-refractivity contribution in [3.05, 3.63) is 48.5 Å². The zero-order chi connectivity index (χ0) is 11.9. The van der Waals surface area contributed by atoms with Crippen LogP contribution in [0.15, 0.2) is 43.0 Å². The number of hydrogen-bond acceptors (Lipinski definition) is 3. The summed E-state index contributed by atoms with van der Waals surface area (Å²) in [5, 5.41) is 13.1. The smallest absolute Gasteiger partial charge is 0.137 e. The van der Waals surface area contributed by atoms with Crippen molar-refractivity contribution in [3.63, 3.8) is 0 Å². The zero-order valence-corrected chi connectivity index (χ0v) is 9.53. The van der Waals surface area contributed by atoms with Gasteiger partial charge in [-0.2, -0.15) is 10.4 Å². The molecule has 0 saturated heterocycles. The van der Waals surface area contributed by atoms with Crippen LogP contribution in [0, 0.1) is 17.2 Å². The first-order valence-electron chi connectivity index (χ1n) is 5.64. The third-order valence-corrected chi connectivity index (χ3v) is 2.68. The fourth-order valence-electron chi connectivity index (χ4n) is 1.74. The van der Waals surface area contributed by atoms with Crippen LogP contribution in [0.25, 0.3) is 0 Å². The van der Waals surface area contributed by atoms with Crippen molar-refractivity contribution >= 4 is 0 Å². The lowest BCUT2D eigenvalue weighted by atomic mass is 10.0. The molecule has 2 aromatic rings. The number of aryl methyl sites for hydroxylation is 1. The summed E-state index contributed by atoms with van der Waals surface area (Å²) < 4.78 is 1.71. The van der Waals surface area contributed by atoms with E-state index in [-0.39, 0.29) is 5.92 Å². The lowest BCUT2D eigenvalue weighted by Crippen LogP contribution is -2.10. The van der Waals surface area contributed by atoms with E-state index in [4.69, 9.17) is 5.26 Å². The van der Waals surface area contributed by atoms with Gasteiger partial charge >= 0.3 is 0 Å². The third-order valence-electron chi connectivity index (χ3n) is 2.68. The lowest BCUT2D eigenvalue weighted by Gasteiger charge is -2.08. The first-order chi connectivity index (χ1) is 8.38. The van der Waals surface area contributed by atoms with Crippen LogP contribution in [-0.4, -0.2) is 14.8 Å². The van der Waals surface area contributed by atoms with Gasteiger partial charge in [-0.3, -0.25) is 4.68 Å². The Labute approximate surface area is 101 Å². The van der Waals surface area contributed by atoms with E-state index >= 15 is 0 Å². The average molecular weight is 226 g/mol. The van der Waals surface area contributed by atoms with Crippen LogP contribution in [0.5, 0.6) is 0 Å². The average Bonchev–Trinajstić information content (AvgIpc) is 2.88. The molecule has 0 aliphatic carbocycles. The standard InChI is InChI=1S/C13H14N4/c14-8-13(9-17-11-15-10-16-17)7-6-12-4-2-1-3-5-12/h1-5,10-11,13H,6-7,9H2. The highest BCUT2D eigenvalue weighted by Crippen LogP contribution is 2.10. The van der Waals surface area contributed by atoms with Crippen LogP contribution < -0.4 is 0 Å². The summed E-state index contributed by atoms with van der Waals surface area (Å²) in [5.74, 6) is -0.0168. The summed E-state index contributed by atoms with van der Waals surface area (Å²) in [4.78, 5) is 3.87. The van der Waals surface area contributed by atoms with Gasteiger partial charge in [-0.25, -0.2) is 4.98 Å². The normalized spacial score (nSPS) is 11.9. The molecule has 1 aromatic carbocycles. The number of hydrogen-bond donors (Lipinski definition) is 0. The van der Waals surface area contributed by atoms with E-state index in [0.29, 0.717) is 6.54 Å². The molecular weight excluding hydrogens is 212 g/mol. The van der Waals surface area contributed by atoms with Crippen LogP contribution >= 0.6 is 0 Å². The molecule has 86 valence electrons. The molecule has 0 N–H and O–H groups in total. The molecule has 4 heteroatoms. The summed E-state index contributed by atoms with van der Waals surface area (Å²) >= 11 is 0. The molecule has 0 saturated carbocycles. The van der Waals surface area contributed by atoms with E-state index in [1.54, 1.807) is 11.0 Å². The molecule has 0 spiro atoms. The van der Waals surface area contributed by atoms with Crippen molar-refractivity contribution < 1.29 is 0 Å². The zero-order valence-electron chi connectivity index (χ0n) is 9.53. The van der Waals surface area contributed by atoms with Gasteiger partial charge in [0.05, 0.1) is 18.5 Å². The Morgan fingerprint density at radius 2 is 2.12 bits per heavy atom. The molecule has 0 bridgehead atoms. The summed E-state index contributed by atoms with van der Waals surface area (Å²) in [6, 6.07) is 12.5. The number of nitrogens with zero attached hydrogens (tertiary/aromatic N) is 4. The first kappa shape index (κ1) is 11.3. The molecule has 1 unspecified atom stereocenters. The van der Waals surface area contributed by atoms with Crippen LogP contribution in [0.2, 0.25) is 0 Å². The Kier molecular flexibility index (Phi) is 3.87. The highest BCUT2D eigenvalue weighted by Gasteiger charge is 2.08. The predicted molar refractivity (Wildman–Crippen MR) is 63.9 cm³/mol.